The van der Waals surface area contributed by atoms with Crippen LogP contribution in [0.4, 0.5) is 5.69 Å². The molecule has 0 saturated carbocycles. The Balaban J connectivity index is 1.84. The van der Waals surface area contributed by atoms with Gasteiger partial charge >= 0.3 is 5.97 Å². The van der Waals surface area contributed by atoms with Gasteiger partial charge in [-0.05, 0) is 68.8 Å². The topological polar surface area (TPSA) is 66.9 Å². The zero-order valence-corrected chi connectivity index (χ0v) is 22.1. The molecule has 11 heteroatoms. The zero-order chi connectivity index (χ0) is 24.2. The number of hydrogen-bond donors (Lipinski definition) is 0. The Morgan fingerprint density at radius 2 is 1.85 bits per heavy atom. The number of sulfonamides is 1. The van der Waals surface area contributed by atoms with Crippen LogP contribution in [-0.4, -0.2) is 56.7 Å². The fourth-order valence-corrected chi connectivity index (χ4v) is 7.20. The SMILES string of the molecule is COC(=O)C1SCCN1CCCC(C)N(c1cc(Cl)ccc1Cl)S(=O)(=O)c1ccc(Cl)cc1. The third kappa shape index (κ3) is 6.29. The molecule has 6 nitrogen and oxygen atoms in total. The van der Waals surface area contributed by atoms with Crippen molar-refractivity contribution in [2.45, 2.75) is 36.1 Å². The highest BCUT2D eigenvalue weighted by Gasteiger charge is 2.34. The molecule has 0 aromatic heterocycles. The summed E-state index contributed by atoms with van der Waals surface area (Å²) in [6, 6.07) is 10.3. The number of carbonyl (C=O) groups excluding carboxylic acids is 1. The molecule has 0 N–H and O–H groups in total. The van der Waals surface area contributed by atoms with E-state index in [2.05, 4.69) is 4.90 Å². The van der Waals surface area contributed by atoms with E-state index >= 15 is 0 Å². The van der Waals surface area contributed by atoms with Crippen molar-refractivity contribution in [3.8, 4) is 0 Å². The van der Waals surface area contributed by atoms with Gasteiger partial charge in [-0.25, -0.2) is 13.2 Å². The molecule has 2 aromatic carbocycles. The Hall–Kier alpha value is -1.16. The minimum absolute atomic E-state index is 0.108. The molecule has 2 unspecified atom stereocenters. The lowest BCUT2D eigenvalue weighted by Gasteiger charge is -2.32. The van der Waals surface area contributed by atoms with Crippen molar-refractivity contribution in [2.75, 3.05) is 30.3 Å². The molecule has 2 atom stereocenters. The van der Waals surface area contributed by atoms with Crippen LogP contribution in [0.5, 0.6) is 0 Å². The lowest BCUT2D eigenvalue weighted by Crippen LogP contribution is -2.40. The largest absolute Gasteiger partial charge is 0.467 e. The molecule has 3 rings (SSSR count). The second-order valence-electron chi connectivity index (χ2n) is 7.62. The molecule has 1 saturated heterocycles. The van der Waals surface area contributed by atoms with Crippen LogP contribution in [0.15, 0.2) is 47.4 Å². The van der Waals surface area contributed by atoms with E-state index in [1.54, 1.807) is 30.0 Å². The predicted octanol–water partition coefficient (Wildman–Crippen LogP) is 5.56. The smallest absolute Gasteiger partial charge is 0.333 e. The Morgan fingerprint density at radius 3 is 2.52 bits per heavy atom. The van der Waals surface area contributed by atoms with Crippen molar-refractivity contribution in [1.82, 2.24) is 4.90 Å². The fourth-order valence-electron chi connectivity index (χ4n) is 3.74. The Morgan fingerprint density at radius 1 is 1.18 bits per heavy atom. The molecule has 33 heavy (non-hydrogen) atoms. The first-order valence-corrected chi connectivity index (χ1v) is 14.0. The van der Waals surface area contributed by atoms with Gasteiger partial charge in [0, 0.05) is 28.4 Å². The molecule has 0 aliphatic carbocycles. The molecule has 2 aromatic rings. The maximum absolute atomic E-state index is 13.7. The van der Waals surface area contributed by atoms with Crippen LogP contribution < -0.4 is 4.31 Å². The van der Waals surface area contributed by atoms with Crippen LogP contribution in [0.2, 0.25) is 15.1 Å². The highest BCUT2D eigenvalue weighted by molar-refractivity contribution is 8.00. The third-order valence-electron chi connectivity index (χ3n) is 5.37. The van der Waals surface area contributed by atoms with Gasteiger partial charge in [-0.1, -0.05) is 34.8 Å². The van der Waals surface area contributed by atoms with Crippen molar-refractivity contribution in [3.63, 3.8) is 0 Å². The number of esters is 1. The predicted molar refractivity (Wildman–Crippen MR) is 136 cm³/mol. The second kappa shape index (κ2) is 11.5. The summed E-state index contributed by atoms with van der Waals surface area (Å²) in [5.74, 6) is 0.591. The van der Waals surface area contributed by atoms with Crippen molar-refractivity contribution in [3.05, 3.63) is 57.5 Å². The monoisotopic (exact) mass is 550 g/mol. The van der Waals surface area contributed by atoms with Crippen LogP contribution in [0.1, 0.15) is 19.8 Å². The summed E-state index contributed by atoms with van der Waals surface area (Å²) in [6.45, 7) is 3.27. The average molecular weight is 552 g/mol. The molecule has 0 bridgehead atoms. The molecule has 1 fully saturated rings. The van der Waals surface area contributed by atoms with Gasteiger partial charge in [0.25, 0.3) is 10.0 Å². The lowest BCUT2D eigenvalue weighted by atomic mass is 10.1. The van der Waals surface area contributed by atoms with Crippen molar-refractivity contribution >= 4 is 68.2 Å². The van der Waals surface area contributed by atoms with Crippen LogP contribution in [0.25, 0.3) is 0 Å². The maximum atomic E-state index is 13.7. The molecular formula is C22H25Cl3N2O4S2. The average Bonchev–Trinajstić information content (AvgIpc) is 3.24. The number of hydrogen-bond acceptors (Lipinski definition) is 6. The zero-order valence-electron chi connectivity index (χ0n) is 18.2. The van der Waals surface area contributed by atoms with Gasteiger partial charge in [0.05, 0.1) is 22.7 Å². The van der Waals surface area contributed by atoms with Gasteiger partial charge in [0.15, 0.2) is 5.37 Å². The summed E-state index contributed by atoms with van der Waals surface area (Å²) >= 11 is 20.1. The normalized spacial score (nSPS) is 17.7. The van der Waals surface area contributed by atoms with Crippen LogP contribution in [-0.2, 0) is 19.6 Å². The third-order valence-corrected chi connectivity index (χ3v) is 9.35. The fraction of sp³-hybridized carbons (Fsp3) is 0.409. The number of methoxy groups -OCH3 is 1. The van der Waals surface area contributed by atoms with E-state index in [4.69, 9.17) is 39.5 Å². The van der Waals surface area contributed by atoms with Crippen molar-refractivity contribution in [2.24, 2.45) is 0 Å². The summed E-state index contributed by atoms with van der Waals surface area (Å²) in [4.78, 5) is 14.2. The van der Waals surface area contributed by atoms with E-state index in [0.29, 0.717) is 35.1 Å². The highest BCUT2D eigenvalue weighted by atomic mass is 35.5. The number of thioether (sulfide) groups is 1. The van der Waals surface area contributed by atoms with Gasteiger partial charge in [-0.3, -0.25) is 9.21 Å². The van der Waals surface area contributed by atoms with Crippen LogP contribution in [0.3, 0.4) is 0 Å². The van der Waals surface area contributed by atoms with E-state index in [9.17, 15) is 13.2 Å². The molecule has 0 amide bonds. The Labute approximate surface area is 214 Å². The van der Waals surface area contributed by atoms with E-state index in [0.717, 1.165) is 12.3 Å². The minimum atomic E-state index is -3.95. The van der Waals surface area contributed by atoms with Gasteiger partial charge in [0.2, 0.25) is 0 Å². The standard InChI is InChI=1S/C22H25Cl3N2O4S2/c1-15(4-3-11-26-12-13-32-21(26)22(28)31-2)27(20-14-17(24)7-10-19(20)25)33(29,30)18-8-5-16(23)6-9-18/h5-10,14-15,21H,3-4,11-13H2,1-2H3. The molecular weight excluding hydrogens is 527 g/mol. The minimum Gasteiger partial charge on any atom is -0.467 e. The number of halogens is 3. The molecule has 0 radical (unpaired) electrons. The maximum Gasteiger partial charge on any atom is 0.333 e. The number of carbonyl (C=O) groups is 1. The first-order valence-electron chi connectivity index (χ1n) is 10.3. The number of rotatable bonds is 9. The van der Waals surface area contributed by atoms with E-state index in [-0.39, 0.29) is 21.3 Å². The number of nitrogens with zero attached hydrogens (tertiary/aromatic N) is 2. The highest BCUT2D eigenvalue weighted by Crippen LogP contribution is 2.36. The number of ether oxygens (including phenoxy) is 1. The second-order valence-corrected chi connectivity index (χ2v) is 11.9. The molecule has 1 aliphatic rings. The van der Waals surface area contributed by atoms with Gasteiger partial charge in [-0.2, -0.15) is 0 Å². The number of benzene rings is 2. The van der Waals surface area contributed by atoms with E-state index in [1.165, 1.54) is 35.7 Å². The van der Waals surface area contributed by atoms with Crippen LogP contribution in [0, 0.1) is 0 Å². The molecule has 0 spiro atoms. The Kier molecular flexibility index (Phi) is 9.23. The van der Waals surface area contributed by atoms with E-state index in [1.807, 2.05) is 6.92 Å². The Bertz CT molecular complexity index is 1080. The van der Waals surface area contributed by atoms with Crippen molar-refractivity contribution in [1.29, 1.82) is 0 Å². The quantitative estimate of drug-likeness (QED) is 0.380. The molecule has 1 aliphatic heterocycles. The summed E-state index contributed by atoms with van der Waals surface area (Å²) in [5, 5.41) is 0.790. The van der Waals surface area contributed by atoms with Gasteiger partial charge in [-0.15, -0.1) is 11.8 Å². The van der Waals surface area contributed by atoms with Crippen molar-refractivity contribution < 1.29 is 17.9 Å². The first kappa shape index (κ1) is 26.4. The van der Waals surface area contributed by atoms with Crippen LogP contribution >= 0.6 is 46.6 Å². The van der Waals surface area contributed by atoms with Gasteiger partial charge in [0.1, 0.15) is 0 Å². The molecule has 1 heterocycles. The molecule has 180 valence electrons. The summed E-state index contributed by atoms with van der Waals surface area (Å²) in [6.07, 6.45) is 1.23. The number of anilines is 1. The first-order chi connectivity index (χ1) is 15.6. The van der Waals surface area contributed by atoms with E-state index < -0.39 is 16.1 Å². The summed E-state index contributed by atoms with van der Waals surface area (Å²) < 4.78 is 33.5. The summed E-state index contributed by atoms with van der Waals surface area (Å²) in [7, 11) is -2.56. The summed E-state index contributed by atoms with van der Waals surface area (Å²) in [5.41, 5.74) is 0.316. The van der Waals surface area contributed by atoms with Gasteiger partial charge < -0.3 is 4.74 Å². The lowest BCUT2D eigenvalue weighted by molar-refractivity contribution is -0.143.